The van der Waals surface area contributed by atoms with Crippen molar-refractivity contribution in [3.05, 3.63) is 100 Å². The van der Waals surface area contributed by atoms with Crippen molar-refractivity contribution >= 4 is 34.7 Å². The Morgan fingerprint density at radius 3 is 2.50 bits per heavy atom. The lowest BCUT2D eigenvalue weighted by atomic mass is 10.0. The molecule has 0 atom stereocenters. The van der Waals surface area contributed by atoms with Crippen LogP contribution in [0.25, 0.3) is 5.57 Å². The van der Waals surface area contributed by atoms with Gasteiger partial charge in [-0.3, -0.25) is 19.5 Å². The summed E-state index contributed by atoms with van der Waals surface area (Å²) >= 11 is 6.03. The van der Waals surface area contributed by atoms with E-state index in [9.17, 15) is 14.0 Å². The highest BCUT2D eigenvalue weighted by atomic mass is 35.5. The van der Waals surface area contributed by atoms with E-state index in [1.54, 1.807) is 42.7 Å². The molecule has 1 aliphatic heterocycles. The number of benzene rings is 2. The van der Waals surface area contributed by atoms with E-state index in [0.29, 0.717) is 16.3 Å². The molecule has 0 saturated carbocycles. The van der Waals surface area contributed by atoms with E-state index < -0.39 is 17.6 Å². The maximum Gasteiger partial charge on any atom is 0.278 e. The Morgan fingerprint density at radius 2 is 1.83 bits per heavy atom. The fourth-order valence-electron chi connectivity index (χ4n) is 3.30. The van der Waals surface area contributed by atoms with Crippen molar-refractivity contribution in [3.8, 4) is 0 Å². The maximum atomic E-state index is 13.4. The number of aryl methyl sites for hydroxylation is 1. The van der Waals surface area contributed by atoms with Crippen LogP contribution in [0, 0.1) is 12.7 Å². The quantitative estimate of drug-likeness (QED) is 0.613. The van der Waals surface area contributed by atoms with Crippen molar-refractivity contribution in [2.24, 2.45) is 0 Å². The number of hydrogen-bond acceptors (Lipinski definition) is 4. The molecule has 1 N–H and O–H groups in total. The first-order valence-electron chi connectivity index (χ1n) is 9.22. The lowest BCUT2D eigenvalue weighted by Crippen LogP contribution is -2.32. The number of carbonyl (C=O) groups excluding carboxylic acids is 2. The molecule has 150 valence electrons. The highest BCUT2D eigenvalue weighted by Crippen LogP contribution is 2.32. The minimum atomic E-state index is -0.461. The summed E-state index contributed by atoms with van der Waals surface area (Å²) in [6.45, 7) is 1.93. The van der Waals surface area contributed by atoms with Crippen molar-refractivity contribution in [3.63, 3.8) is 0 Å². The topological polar surface area (TPSA) is 62.3 Å². The first-order chi connectivity index (χ1) is 14.4. The SMILES string of the molecule is Cc1cc(Cl)ccc1NC1=C(c2ccc(F)cc2)C(=O)N(Cc2cccnc2)C1=O. The maximum absolute atomic E-state index is 13.4. The zero-order valence-corrected chi connectivity index (χ0v) is 16.8. The van der Waals surface area contributed by atoms with Gasteiger partial charge in [0.25, 0.3) is 11.8 Å². The van der Waals surface area contributed by atoms with Crippen molar-refractivity contribution in [1.29, 1.82) is 0 Å². The summed E-state index contributed by atoms with van der Waals surface area (Å²) in [5.74, 6) is -1.34. The number of imide groups is 1. The Balaban J connectivity index is 1.76. The number of nitrogens with one attached hydrogen (secondary N) is 1. The monoisotopic (exact) mass is 421 g/mol. The van der Waals surface area contributed by atoms with Crippen LogP contribution in [-0.2, 0) is 16.1 Å². The Morgan fingerprint density at radius 1 is 1.07 bits per heavy atom. The second-order valence-corrected chi connectivity index (χ2v) is 7.34. The highest BCUT2D eigenvalue weighted by Gasteiger charge is 2.39. The van der Waals surface area contributed by atoms with Crippen LogP contribution in [0.1, 0.15) is 16.7 Å². The van der Waals surface area contributed by atoms with E-state index in [1.165, 1.54) is 24.3 Å². The van der Waals surface area contributed by atoms with Gasteiger partial charge in [-0.2, -0.15) is 0 Å². The van der Waals surface area contributed by atoms with Gasteiger partial charge in [0.1, 0.15) is 11.5 Å². The summed E-state index contributed by atoms with van der Waals surface area (Å²) in [6.07, 6.45) is 3.22. The van der Waals surface area contributed by atoms with Gasteiger partial charge in [-0.25, -0.2) is 4.39 Å². The van der Waals surface area contributed by atoms with Crippen LogP contribution in [0.2, 0.25) is 5.02 Å². The molecule has 2 amide bonds. The Hall–Kier alpha value is -3.51. The molecule has 0 bridgehead atoms. The third kappa shape index (κ3) is 3.82. The van der Waals surface area contributed by atoms with E-state index in [-0.39, 0.29) is 17.8 Å². The highest BCUT2D eigenvalue weighted by molar-refractivity contribution is 6.36. The van der Waals surface area contributed by atoms with Crippen LogP contribution in [0.15, 0.2) is 72.7 Å². The molecular weight excluding hydrogens is 405 g/mol. The van der Waals surface area contributed by atoms with Crippen LogP contribution in [0.3, 0.4) is 0 Å². The Bertz CT molecular complexity index is 1160. The van der Waals surface area contributed by atoms with Gasteiger partial charge in [0, 0.05) is 23.1 Å². The number of hydrogen-bond donors (Lipinski definition) is 1. The van der Waals surface area contributed by atoms with Crippen LogP contribution in [-0.4, -0.2) is 21.7 Å². The second kappa shape index (κ2) is 8.08. The van der Waals surface area contributed by atoms with Crippen LogP contribution >= 0.6 is 11.6 Å². The summed E-state index contributed by atoms with van der Waals surface area (Å²) in [7, 11) is 0. The average Bonchev–Trinajstić information content (AvgIpc) is 2.96. The van der Waals surface area contributed by atoms with Gasteiger partial charge in [-0.05, 0) is 60.0 Å². The molecule has 30 heavy (non-hydrogen) atoms. The molecule has 0 unspecified atom stereocenters. The largest absolute Gasteiger partial charge is 0.350 e. The molecule has 3 aromatic rings. The van der Waals surface area contributed by atoms with Gasteiger partial charge in [0.2, 0.25) is 0 Å². The van der Waals surface area contributed by atoms with Gasteiger partial charge in [-0.1, -0.05) is 29.8 Å². The van der Waals surface area contributed by atoms with E-state index in [4.69, 9.17) is 11.6 Å². The summed E-state index contributed by atoms with van der Waals surface area (Å²) < 4.78 is 13.4. The minimum Gasteiger partial charge on any atom is -0.350 e. The van der Waals surface area contributed by atoms with Gasteiger partial charge >= 0.3 is 0 Å². The van der Waals surface area contributed by atoms with E-state index in [2.05, 4.69) is 10.3 Å². The smallest absolute Gasteiger partial charge is 0.278 e. The van der Waals surface area contributed by atoms with Crippen molar-refractivity contribution in [2.45, 2.75) is 13.5 Å². The molecule has 1 aliphatic rings. The first kappa shape index (κ1) is 19.8. The minimum absolute atomic E-state index is 0.0843. The molecule has 0 aliphatic carbocycles. The molecule has 2 heterocycles. The van der Waals surface area contributed by atoms with E-state index in [0.717, 1.165) is 16.0 Å². The second-order valence-electron chi connectivity index (χ2n) is 6.90. The molecule has 1 aromatic heterocycles. The van der Waals surface area contributed by atoms with E-state index >= 15 is 0 Å². The number of pyridine rings is 1. The predicted octanol–water partition coefficient (Wildman–Crippen LogP) is 4.57. The zero-order chi connectivity index (χ0) is 21.3. The van der Waals surface area contributed by atoms with Gasteiger partial charge < -0.3 is 5.32 Å². The summed E-state index contributed by atoms with van der Waals surface area (Å²) in [6, 6.07) is 14.2. The van der Waals surface area contributed by atoms with Crippen molar-refractivity contribution < 1.29 is 14.0 Å². The first-order valence-corrected chi connectivity index (χ1v) is 9.60. The average molecular weight is 422 g/mol. The van der Waals surface area contributed by atoms with Crippen LogP contribution < -0.4 is 5.32 Å². The van der Waals surface area contributed by atoms with Crippen molar-refractivity contribution in [1.82, 2.24) is 9.88 Å². The number of carbonyl (C=O) groups is 2. The number of nitrogens with zero attached hydrogens (tertiary/aromatic N) is 2. The fraction of sp³-hybridized carbons (Fsp3) is 0.0870. The summed E-state index contributed by atoms with van der Waals surface area (Å²) in [5.41, 5.74) is 2.98. The number of halogens is 2. The molecule has 7 heteroatoms. The predicted molar refractivity (Wildman–Crippen MR) is 113 cm³/mol. The van der Waals surface area contributed by atoms with Crippen LogP contribution in [0.4, 0.5) is 10.1 Å². The number of rotatable bonds is 5. The van der Waals surface area contributed by atoms with E-state index in [1.807, 2.05) is 6.92 Å². The van der Waals surface area contributed by atoms with Gasteiger partial charge in [-0.15, -0.1) is 0 Å². The normalized spacial score (nSPS) is 13.9. The zero-order valence-electron chi connectivity index (χ0n) is 16.0. The summed E-state index contributed by atoms with van der Waals surface area (Å²) in [5, 5.41) is 3.66. The van der Waals surface area contributed by atoms with Crippen LogP contribution in [0.5, 0.6) is 0 Å². The van der Waals surface area contributed by atoms with Gasteiger partial charge in [0.15, 0.2) is 0 Å². The molecule has 0 saturated heterocycles. The summed E-state index contributed by atoms with van der Waals surface area (Å²) in [4.78, 5) is 31.6. The Kier molecular flexibility index (Phi) is 5.33. The number of amides is 2. The molecule has 2 aromatic carbocycles. The third-order valence-corrected chi connectivity index (χ3v) is 5.05. The van der Waals surface area contributed by atoms with Gasteiger partial charge in [0.05, 0.1) is 12.1 Å². The number of anilines is 1. The molecule has 0 spiro atoms. The third-order valence-electron chi connectivity index (χ3n) is 4.81. The fourth-order valence-corrected chi connectivity index (χ4v) is 3.52. The molecule has 0 radical (unpaired) electrons. The lowest BCUT2D eigenvalue weighted by Gasteiger charge is -2.15. The van der Waals surface area contributed by atoms with Crippen molar-refractivity contribution in [2.75, 3.05) is 5.32 Å². The molecule has 5 nitrogen and oxygen atoms in total. The molecular formula is C23H17ClFN3O2. The molecule has 0 fully saturated rings. The standard InChI is InChI=1S/C23H17ClFN3O2/c1-14-11-17(24)6-9-19(14)27-21-20(16-4-7-18(25)8-5-16)22(29)28(23(21)30)13-15-3-2-10-26-12-15/h2-12,27H,13H2,1H3. The Labute approximate surface area is 177 Å². The molecule has 4 rings (SSSR count). The number of aromatic nitrogens is 1. The lowest BCUT2D eigenvalue weighted by molar-refractivity contribution is -0.137.